The van der Waals surface area contributed by atoms with Gasteiger partial charge in [0, 0.05) is 51.3 Å². The van der Waals surface area contributed by atoms with E-state index in [1.165, 1.54) is 19.2 Å². The lowest BCUT2D eigenvalue weighted by atomic mass is 9.73. The Balaban J connectivity index is 0.000000730. The van der Waals surface area contributed by atoms with E-state index >= 15 is 0 Å². The number of hydrogen-bond donors (Lipinski definition) is 5. The van der Waals surface area contributed by atoms with Crippen molar-refractivity contribution in [2.75, 3.05) is 43.9 Å². The summed E-state index contributed by atoms with van der Waals surface area (Å²) in [5.74, 6) is -8.23. The molecule has 0 bridgehead atoms. The molecule has 290 valence electrons. The van der Waals surface area contributed by atoms with Gasteiger partial charge in [0.15, 0.2) is 17.5 Å². The molecule has 0 aromatic heterocycles. The van der Waals surface area contributed by atoms with E-state index in [1.54, 1.807) is 23.1 Å². The molecule has 1 saturated heterocycles. The molecule has 3 aromatic rings. The summed E-state index contributed by atoms with van der Waals surface area (Å²) in [6.45, 7) is 2.10. The number of likely N-dealkylation sites (N-methyl/N-ethyl adjacent to an activating group) is 1. The second kappa shape index (κ2) is 16.2. The largest absolute Gasteiger partial charge is 0.490 e. The minimum atomic E-state index is -5.08. The predicted molar refractivity (Wildman–Crippen MR) is 180 cm³/mol. The van der Waals surface area contributed by atoms with Crippen LogP contribution in [0, 0.1) is 23.3 Å². The highest BCUT2D eigenvalue weighted by Gasteiger charge is 2.47. The molecule has 0 saturated carbocycles. The van der Waals surface area contributed by atoms with Gasteiger partial charge in [-0.05, 0) is 83.7 Å². The van der Waals surface area contributed by atoms with Crippen LogP contribution >= 0.6 is 0 Å². The fourth-order valence-electron chi connectivity index (χ4n) is 7.07. The fraction of sp³-hybridized carbons (Fsp3) is 0.389. The van der Waals surface area contributed by atoms with Crippen LogP contribution in [0.5, 0.6) is 5.75 Å². The van der Waals surface area contributed by atoms with Gasteiger partial charge in [0.1, 0.15) is 24.2 Å². The van der Waals surface area contributed by atoms with E-state index in [4.69, 9.17) is 14.6 Å². The highest BCUT2D eigenvalue weighted by atomic mass is 19.4. The van der Waals surface area contributed by atoms with Crippen molar-refractivity contribution < 1.29 is 59.8 Å². The molecule has 18 heteroatoms. The molecule has 5 N–H and O–H groups in total. The Morgan fingerprint density at radius 3 is 2.30 bits per heavy atom. The van der Waals surface area contributed by atoms with E-state index in [0.717, 1.165) is 28.9 Å². The zero-order valence-corrected chi connectivity index (χ0v) is 28.7. The van der Waals surface area contributed by atoms with E-state index in [0.29, 0.717) is 56.9 Å². The lowest BCUT2D eigenvalue weighted by Gasteiger charge is -2.40. The molecule has 6 rings (SSSR count). The maximum Gasteiger partial charge on any atom is 0.490 e. The van der Waals surface area contributed by atoms with Gasteiger partial charge in [-0.15, -0.1) is 0 Å². The number of alkyl halides is 3. The normalized spacial score (nSPS) is 17.4. The van der Waals surface area contributed by atoms with Gasteiger partial charge < -0.3 is 36.0 Å². The molecule has 3 aromatic carbocycles. The molecule has 2 atom stereocenters. The molecule has 1 spiro atoms. The van der Waals surface area contributed by atoms with Crippen molar-refractivity contribution in [2.45, 2.75) is 55.7 Å². The van der Waals surface area contributed by atoms with Gasteiger partial charge in [0.05, 0.1) is 5.69 Å². The van der Waals surface area contributed by atoms with E-state index in [1.807, 2.05) is 6.07 Å². The SMILES string of the molecule is CNC(=O)[C@@H](Cc1cc(F)c(F)c(F)c1)NC(=O)C[C@@H]1CC2(CCN(C(=O)Nc3ccc4c(c3)OCCN4)CC2)c2cc(F)ccc21.O=C(O)C(F)(F)F. The lowest BCUT2D eigenvalue weighted by molar-refractivity contribution is -0.192. The highest BCUT2D eigenvalue weighted by molar-refractivity contribution is 5.90. The van der Waals surface area contributed by atoms with Crippen LogP contribution in [-0.4, -0.2) is 79.3 Å². The Morgan fingerprint density at radius 1 is 1.00 bits per heavy atom. The molecule has 2 aliphatic heterocycles. The summed E-state index contributed by atoms with van der Waals surface area (Å²) in [6.07, 6.45) is -3.69. The van der Waals surface area contributed by atoms with E-state index in [-0.39, 0.29) is 30.4 Å². The number of carboxylic acids is 1. The molecule has 1 aliphatic carbocycles. The molecular weight excluding hydrogens is 731 g/mol. The van der Waals surface area contributed by atoms with Crippen LogP contribution in [0.1, 0.15) is 48.3 Å². The zero-order chi connectivity index (χ0) is 39.4. The standard InChI is InChI=1S/C34H35F4N5O4.C2HF3O2/c1-39-32(45)28(14-19-12-25(36)31(38)26(37)13-19)42-30(44)15-20-18-34(24-16-21(35)2-4-23(20)24)6-9-43(10-7-34)33(46)41-22-3-5-27-29(17-22)47-11-8-40-27;3-2(4,5)1(6)7/h2-5,12-13,16-17,20,28,40H,6-11,14-15,18H2,1H3,(H,39,45)(H,41,46)(H,42,44);(H,6,7)/t20-,28-;/m1./s1. The molecule has 0 radical (unpaired) electrons. The summed E-state index contributed by atoms with van der Waals surface area (Å²) >= 11 is 0. The number of urea groups is 1. The number of rotatable bonds is 7. The van der Waals surface area contributed by atoms with Crippen molar-refractivity contribution in [2.24, 2.45) is 0 Å². The van der Waals surface area contributed by atoms with Gasteiger partial charge in [-0.1, -0.05) is 6.07 Å². The van der Waals surface area contributed by atoms with Crippen molar-refractivity contribution in [3.63, 3.8) is 0 Å². The van der Waals surface area contributed by atoms with Gasteiger partial charge in [-0.25, -0.2) is 27.2 Å². The summed E-state index contributed by atoms with van der Waals surface area (Å²) < 4.78 is 93.0. The van der Waals surface area contributed by atoms with Crippen LogP contribution < -0.4 is 26.0 Å². The monoisotopic (exact) mass is 767 g/mol. The predicted octanol–water partition coefficient (Wildman–Crippen LogP) is 5.60. The maximum absolute atomic E-state index is 14.6. The molecule has 1 fully saturated rings. The Morgan fingerprint density at radius 2 is 1.67 bits per heavy atom. The first-order valence-corrected chi connectivity index (χ1v) is 16.8. The zero-order valence-electron chi connectivity index (χ0n) is 28.7. The van der Waals surface area contributed by atoms with Gasteiger partial charge in [0.2, 0.25) is 11.8 Å². The average Bonchev–Trinajstić information content (AvgIpc) is 3.40. The maximum atomic E-state index is 14.6. The molecule has 2 heterocycles. The quantitative estimate of drug-likeness (QED) is 0.155. The number of carbonyl (C=O) groups excluding carboxylic acids is 3. The first-order valence-electron chi connectivity index (χ1n) is 16.8. The Hall–Kier alpha value is -5.55. The van der Waals surface area contributed by atoms with Crippen molar-refractivity contribution >= 4 is 35.2 Å². The van der Waals surface area contributed by atoms with Crippen molar-refractivity contribution in [3.8, 4) is 5.75 Å². The number of carbonyl (C=O) groups is 4. The topological polar surface area (TPSA) is 149 Å². The van der Waals surface area contributed by atoms with Crippen LogP contribution in [0.25, 0.3) is 0 Å². The molecule has 4 amide bonds. The minimum Gasteiger partial charge on any atom is -0.490 e. The third kappa shape index (κ3) is 9.14. The first-order chi connectivity index (χ1) is 25.5. The minimum absolute atomic E-state index is 0.00343. The van der Waals surface area contributed by atoms with Gasteiger partial charge in [0.25, 0.3) is 0 Å². The van der Waals surface area contributed by atoms with Crippen LogP contribution in [0.2, 0.25) is 0 Å². The summed E-state index contributed by atoms with van der Waals surface area (Å²) in [6, 6.07) is 10.1. The number of benzene rings is 3. The highest BCUT2D eigenvalue weighted by Crippen LogP contribution is 2.53. The molecular formula is C36H36F7N5O6. The second-order valence-electron chi connectivity index (χ2n) is 13.1. The summed E-state index contributed by atoms with van der Waals surface area (Å²) in [4.78, 5) is 49.7. The second-order valence-corrected chi connectivity index (χ2v) is 13.1. The number of fused-ring (bicyclic) bond motifs is 3. The number of nitrogens with one attached hydrogen (secondary N) is 4. The molecule has 0 unspecified atom stereocenters. The Bertz CT molecular complexity index is 1900. The van der Waals surface area contributed by atoms with E-state index in [9.17, 15) is 45.1 Å². The van der Waals surface area contributed by atoms with E-state index < -0.39 is 58.7 Å². The lowest BCUT2D eigenvalue weighted by Crippen LogP contribution is -2.47. The number of carboxylic acid groups (broad SMARTS) is 1. The smallest absolute Gasteiger partial charge is 0.490 e. The molecule has 11 nitrogen and oxygen atoms in total. The molecule has 54 heavy (non-hydrogen) atoms. The van der Waals surface area contributed by atoms with Gasteiger partial charge in [-0.2, -0.15) is 13.2 Å². The number of aliphatic carboxylic acids is 1. The number of halogens is 7. The number of amides is 4. The Labute approximate surface area is 304 Å². The van der Waals surface area contributed by atoms with Crippen molar-refractivity contribution in [1.29, 1.82) is 0 Å². The van der Waals surface area contributed by atoms with Crippen LogP contribution in [-0.2, 0) is 26.2 Å². The number of ether oxygens (including phenoxy) is 1. The first kappa shape index (κ1) is 39.7. The number of nitrogens with zero attached hydrogens (tertiary/aromatic N) is 1. The van der Waals surface area contributed by atoms with Crippen LogP contribution in [0.4, 0.5) is 46.9 Å². The number of hydrogen-bond acceptors (Lipinski definition) is 6. The third-order valence-electron chi connectivity index (χ3n) is 9.64. The van der Waals surface area contributed by atoms with E-state index in [2.05, 4.69) is 21.3 Å². The van der Waals surface area contributed by atoms with Gasteiger partial charge >= 0.3 is 18.2 Å². The molecule has 3 aliphatic rings. The number of piperidine rings is 1. The average molecular weight is 768 g/mol. The fourth-order valence-corrected chi connectivity index (χ4v) is 7.07. The summed E-state index contributed by atoms with van der Waals surface area (Å²) in [7, 11) is 1.37. The van der Waals surface area contributed by atoms with Crippen molar-refractivity contribution in [3.05, 3.63) is 88.5 Å². The third-order valence-corrected chi connectivity index (χ3v) is 9.64. The summed E-state index contributed by atoms with van der Waals surface area (Å²) in [5, 5.41) is 18.4. The van der Waals surface area contributed by atoms with Crippen LogP contribution in [0.3, 0.4) is 0 Å². The summed E-state index contributed by atoms with van der Waals surface area (Å²) in [5.41, 5.74) is 2.68. The van der Waals surface area contributed by atoms with Gasteiger partial charge in [-0.3, -0.25) is 9.59 Å². The number of likely N-dealkylation sites (tertiary alicyclic amines) is 1. The Kier molecular flexibility index (Phi) is 11.9. The number of anilines is 2. The van der Waals surface area contributed by atoms with Crippen LogP contribution in [0.15, 0.2) is 48.5 Å². The van der Waals surface area contributed by atoms with Crippen molar-refractivity contribution in [1.82, 2.24) is 15.5 Å².